The molecular formula is C14H27NO2. The highest BCUT2D eigenvalue weighted by molar-refractivity contribution is 5.72. The van der Waals surface area contributed by atoms with Crippen molar-refractivity contribution >= 4 is 5.97 Å². The quantitative estimate of drug-likeness (QED) is 0.752. The molecule has 1 saturated carbocycles. The van der Waals surface area contributed by atoms with E-state index < -0.39 is 0 Å². The molecule has 0 aliphatic heterocycles. The van der Waals surface area contributed by atoms with E-state index in [4.69, 9.17) is 4.74 Å². The molecule has 3 atom stereocenters. The zero-order valence-corrected chi connectivity index (χ0v) is 11.7. The van der Waals surface area contributed by atoms with E-state index in [1.807, 2.05) is 6.92 Å². The van der Waals surface area contributed by atoms with Gasteiger partial charge < -0.3 is 10.1 Å². The number of ether oxygens (including phenoxy) is 1. The molecule has 1 fully saturated rings. The summed E-state index contributed by atoms with van der Waals surface area (Å²) in [4.78, 5) is 11.4. The molecule has 0 aromatic heterocycles. The van der Waals surface area contributed by atoms with E-state index in [1.54, 1.807) is 0 Å². The number of esters is 1. The SMILES string of the molecule is COC(=O)C(C)C(C)N[C@@H](C)C1CCCCC1. The third kappa shape index (κ3) is 4.30. The van der Waals surface area contributed by atoms with Gasteiger partial charge in [0.2, 0.25) is 0 Å². The van der Waals surface area contributed by atoms with Crippen LogP contribution in [0.2, 0.25) is 0 Å². The molecule has 1 rings (SSSR count). The Bertz CT molecular complexity index is 236. The Kier molecular flexibility index (Phi) is 5.96. The monoisotopic (exact) mass is 241 g/mol. The Morgan fingerprint density at radius 1 is 1.18 bits per heavy atom. The third-order valence-electron chi connectivity index (χ3n) is 4.21. The summed E-state index contributed by atoms with van der Waals surface area (Å²) in [6, 6.07) is 0.678. The van der Waals surface area contributed by atoms with E-state index in [1.165, 1.54) is 39.2 Å². The molecule has 1 aliphatic carbocycles. The van der Waals surface area contributed by atoms with E-state index in [9.17, 15) is 4.79 Å². The Hall–Kier alpha value is -0.570. The largest absolute Gasteiger partial charge is 0.469 e. The standard InChI is InChI=1S/C14H27NO2/c1-10(14(16)17-4)11(2)15-12(3)13-8-6-5-7-9-13/h10-13,15H,5-9H2,1-4H3/t10?,11?,12-/m0/s1. The van der Waals surface area contributed by atoms with E-state index in [0.717, 1.165) is 5.92 Å². The minimum atomic E-state index is -0.124. The summed E-state index contributed by atoms with van der Waals surface area (Å²) < 4.78 is 4.78. The number of nitrogens with one attached hydrogen (secondary N) is 1. The number of carbonyl (C=O) groups is 1. The van der Waals surface area contributed by atoms with E-state index in [0.29, 0.717) is 6.04 Å². The van der Waals surface area contributed by atoms with Gasteiger partial charge in [-0.15, -0.1) is 0 Å². The van der Waals surface area contributed by atoms with Crippen LogP contribution in [-0.4, -0.2) is 25.2 Å². The molecular weight excluding hydrogens is 214 g/mol. The van der Waals surface area contributed by atoms with Crippen LogP contribution in [0.4, 0.5) is 0 Å². The van der Waals surface area contributed by atoms with Crippen molar-refractivity contribution in [2.45, 2.75) is 65.0 Å². The Balaban J connectivity index is 2.38. The van der Waals surface area contributed by atoms with Crippen molar-refractivity contribution in [1.29, 1.82) is 0 Å². The summed E-state index contributed by atoms with van der Waals surface area (Å²) in [6.07, 6.45) is 6.76. The normalized spacial score (nSPS) is 22.8. The molecule has 2 unspecified atom stereocenters. The summed E-state index contributed by atoms with van der Waals surface area (Å²) in [7, 11) is 1.45. The second-order valence-corrected chi connectivity index (χ2v) is 5.45. The topological polar surface area (TPSA) is 38.3 Å². The molecule has 0 aromatic rings. The molecule has 100 valence electrons. The number of rotatable bonds is 5. The van der Waals surface area contributed by atoms with Gasteiger partial charge in [0.1, 0.15) is 0 Å². The predicted octanol–water partition coefficient (Wildman–Crippen LogP) is 2.74. The van der Waals surface area contributed by atoms with Crippen molar-refractivity contribution in [2.75, 3.05) is 7.11 Å². The fourth-order valence-corrected chi connectivity index (χ4v) is 2.72. The van der Waals surface area contributed by atoms with Gasteiger partial charge in [0.05, 0.1) is 13.0 Å². The summed E-state index contributed by atoms with van der Waals surface area (Å²) in [5, 5.41) is 3.56. The molecule has 17 heavy (non-hydrogen) atoms. The number of methoxy groups -OCH3 is 1. The van der Waals surface area contributed by atoms with Crippen molar-refractivity contribution in [3.63, 3.8) is 0 Å². The Morgan fingerprint density at radius 2 is 1.76 bits per heavy atom. The predicted molar refractivity (Wildman–Crippen MR) is 69.8 cm³/mol. The second-order valence-electron chi connectivity index (χ2n) is 5.45. The molecule has 1 N–H and O–H groups in total. The molecule has 0 heterocycles. The molecule has 0 aromatic carbocycles. The molecule has 0 radical (unpaired) electrons. The maximum atomic E-state index is 11.4. The third-order valence-corrected chi connectivity index (χ3v) is 4.21. The Morgan fingerprint density at radius 3 is 2.29 bits per heavy atom. The highest BCUT2D eigenvalue weighted by Gasteiger charge is 2.25. The number of hydrogen-bond acceptors (Lipinski definition) is 3. The van der Waals surface area contributed by atoms with Crippen LogP contribution in [-0.2, 0) is 9.53 Å². The van der Waals surface area contributed by atoms with Gasteiger partial charge in [-0.1, -0.05) is 26.2 Å². The van der Waals surface area contributed by atoms with Crippen LogP contribution in [0.1, 0.15) is 52.9 Å². The van der Waals surface area contributed by atoms with E-state index in [2.05, 4.69) is 19.2 Å². The minimum absolute atomic E-state index is 0.0777. The maximum absolute atomic E-state index is 11.4. The first kappa shape index (κ1) is 14.5. The van der Waals surface area contributed by atoms with Crippen molar-refractivity contribution < 1.29 is 9.53 Å². The first-order valence-electron chi connectivity index (χ1n) is 6.90. The van der Waals surface area contributed by atoms with Gasteiger partial charge in [-0.2, -0.15) is 0 Å². The lowest BCUT2D eigenvalue weighted by molar-refractivity contribution is -0.145. The van der Waals surface area contributed by atoms with Gasteiger partial charge in [0.15, 0.2) is 0 Å². The van der Waals surface area contributed by atoms with Crippen LogP contribution in [0.25, 0.3) is 0 Å². The highest BCUT2D eigenvalue weighted by Crippen LogP contribution is 2.26. The van der Waals surface area contributed by atoms with Crippen molar-refractivity contribution in [2.24, 2.45) is 11.8 Å². The van der Waals surface area contributed by atoms with Gasteiger partial charge in [0, 0.05) is 12.1 Å². The fraction of sp³-hybridized carbons (Fsp3) is 0.929. The number of carbonyl (C=O) groups excluding carboxylic acids is 1. The van der Waals surface area contributed by atoms with Crippen molar-refractivity contribution in [3.05, 3.63) is 0 Å². The summed E-state index contributed by atoms with van der Waals surface area (Å²) in [5.41, 5.74) is 0. The van der Waals surface area contributed by atoms with E-state index >= 15 is 0 Å². The van der Waals surface area contributed by atoms with Crippen LogP contribution >= 0.6 is 0 Å². The van der Waals surface area contributed by atoms with Crippen molar-refractivity contribution in [3.8, 4) is 0 Å². The fourth-order valence-electron chi connectivity index (χ4n) is 2.72. The zero-order chi connectivity index (χ0) is 12.8. The molecule has 3 nitrogen and oxygen atoms in total. The molecule has 0 amide bonds. The van der Waals surface area contributed by atoms with Crippen LogP contribution in [0, 0.1) is 11.8 Å². The van der Waals surface area contributed by atoms with Crippen LogP contribution in [0.3, 0.4) is 0 Å². The van der Waals surface area contributed by atoms with Crippen LogP contribution in [0.15, 0.2) is 0 Å². The number of hydrogen-bond donors (Lipinski definition) is 1. The van der Waals surface area contributed by atoms with Crippen molar-refractivity contribution in [1.82, 2.24) is 5.32 Å². The second kappa shape index (κ2) is 7.00. The van der Waals surface area contributed by atoms with Crippen LogP contribution < -0.4 is 5.32 Å². The molecule has 1 aliphatic rings. The first-order chi connectivity index (χ1) is 8.06. The molecule has 0 saturated heterocycles. The lowest BCUT2D eigenvalue weighted by Gasteiger charge is -2.32. The van der Waals surface area contributed by atoms with Gasteiger partial charge in [-0.25, -0.2) is 0 Å². The highest BCUT2D eigenvalue weighted by atomic mass is 16.5. The van der Waals surface area contributed by atoms with Gasteiger partial charge >= 0.3 is 5.97 Å². The van der Waals surface area contributed by atoms with Crippen LogP contribution in [0.5, 0.6) is 0 Å². The summed E-state index contributed by atoms with van der Waals surface area (Å²) in [6.45, 7) is 6.24. The zero-order valence-electron chi connectivity index (χ0n) is 11.7. The van der Waals surface area contributed by atoms with E-state index in [-0.39, 0.29) is 17.9 Å². The Labute approximate surface area is 105 Å². The molecule has 0 bridgehead atoms. The summed E-state index contributed by atoms with van der Waals surface area (Å²) >= 11 is 0. The maximum Gasteiger partial charge on any atom is 0.309 e. The smallest absolute Gasteiger partial charge is 0.309 e. The first-order valence-corrected chi connectivity index (χ1v) is 6.90. The van der Waals surface area contributed by atoms with Gasteiger partial charge in [-0.3, -0.25) is 4.79 Å². The lowest BCUT2D eigenvalue weighted by Crippen LogP contribution is -2.45. The molecule has 3 heteroatoms. The summed E-state index contributed by atoms with van der Waals surface area (Å²) in [5.74, 6) is 0.572. The molecule has 0 spiro atoms. The lowest BCUT2D eigenvalue weighted by atomic mass is 9.84. The minimum Gasteiger partial charge on any atom is -0.469 e. The van der Waals surface area contributed by atoms with Gasteiger partial charge in [-0.05, 0) is 32.6 Å². The average Bonchev–Trinajstić information content (AvgIpc) is 2.37. The average molecular weight is 241 g/mol. The van der Waals surface area contributed by atoms with Gasteiger partial charge in [0.25, 0.3) is 0 Å².